The van der Waals surface area contributed by atoms with Crippen LogP contribution < -0.4 is 15.2 Å². The summed E-state index contributed by atoms with van der Waals surface area (Å²) in [5, 5.41) is 8.85. The predicted molar refractivity (Wildman–Crippen MR) is 73.0 cm³/mol. The van der Waals surface area contributed by atoms with E-state index in [1.807, 2.05) is 0 Å². The van der Waals surface area contributed by atoms with Gasteiger partial charge in [-0.05, 0) is 36.4 Å². The summed E-state index contributed by atoms with van der Waals surface area (Å²) >= 11 is 0. The van der Waals surface area contributed by atoms with Crippen LogP contribution in [-0.2, 0) is 0 Å². The second kappa shape index (κ2) is 6.43. The maximum atomic E-state index is 13.3. The van der Waals surface area contributed by atoms with Crippen LogP contribution in [0.15, 0.2) is 42.5 Å². The van der Waals surface area contributed by atoms with E-state index < -0.39 is 5.82 Å². The zero-order valence-electron chi connectivity index (χ0n) is 10.7. The molecule has 4 nitrogen and oxygen atoms in total. The number of halogens is 1. The standard InChI is InChI=1S/C15H13FN2O2/c16-14-2-1-3-15(13(14)10-17)20-9-8-19-12-6-4-11(18)5-7-12/h1-7H,8-9,18H2. The van der Waals surface area contributed by atoms with Crippen LogP contribution in [0, 0.1) is 17.1 Å². The fourth-order valence-corrected chi connectivity index (χ4v) is 1.61. The van der Waals surface area contributed by atoms with E-state index in [2.05, 4.69) is 0 Å². The molecule has 2 aromatic rings. The molecule has 2 aromatic carbocycles. The van der Waals surface area contributed by atoms with Crippen molar-refractivity contribution in [2.45, 2.75) is 0 Å². The topological polar surface area (TPSA) is 68.3 Å². The van der Waals surface area contributed by atoms with Crippen LogP contribution in [0.3, 0.4) is 0 Å². The van der Waals surface area contributed by atoms with Crippen LogP contribution in [0.2, 0.25) is 0 Å². The summed E-state index contributed by atoms with van der Waals surface area (Å²) in [4.78, 5) is 0. The third kappa shape index (κ3) is 3.39. The van der Waals surface area contributed by atoms with E-state index in [4.69, 9.17) is 20.5 Å². The van der Waals surface area contributed by atoms with Crippen molar-refractivity contribution in [1.29, 1.82) is 5.26 Å². The second-order valence-corrected chi connectivity index (χ2v) is 3.99. The average Bonchev–Trinajstić information content (AvgIpc) is 2.45. The lowest BCUT2D eigenvalue weighted by molar-refractivity contribution is 0.216. The van der Waals surface area contributed by atoms with E-state index in [0.717, 1.165) is 0 Å². The number of benzene rings is 2. The number of nitriles is 1. The van der Waals surface area contributed by atoms with Gasteiger partial charge in [0.2, 0.25) is 0 Å². The van der Waals surface area contributed by atoms with Crippen LogP contribution in [0.25, 0.3) is 0 Å². The van der Waals surface area contributed by atoms with Gasteiger partial charge >= 0.3 is 0 Å². The fraction of sp³-hybridized carbons (Fsp3) is 0.133. The Balaban J connectivity index is 1.86. The lowest BCUT2D eigenvalue weighted by Gasteiger charge is -2.09. The van der Waals surface area contributed by atoms with E-state index in [1.165, 1.54) is 12.1 Å². The Morgan fingerprint density at radius 3 is 2.45 bits per heavy atom. The van der Waals surface area contributed by atoms with Gasteiger partial charge in [0.1, 0.15) is 42.2 Å². The first-order valence-corrected chi connectivity index (χ1v) is 6.00. The maximum Gasteiger partial charge on any atom is 0.144 e. The zero-order valence-corrected chi connectivity index (χ0v) is 10.7. The number of ether oxygens (including phenoxy) is 2. The number of hydrogen-bond donors (Lipinski definition) is 1. The molecule has 0 aromatic heterocycles. The molecule has 5 heteroatoms. The minimum Gasteiger partial charge on any atom is -0.490 e. The highest BCUT2D eigenvalue weighted by Crippen LogP contribution is 2.20. The minimum absolute atomic E-state index is 0.0972. The molecule has 0 aliphatic carbocycles. The highest BCUT2D eigenvalue weighted by Gasteiger charge is 2.08. The normalized spacial score (nSPS) is 9.80. The molecular weight excluding hydrogens is 259 g/mol. The molecule has 0 saturated heterocycles. The third-order valence-corrected chi connectivity index (χ3v) is 2.58. The maximum absolute atomic E-state index is 13.3. The van der Waals surface area contributed by atoms with Crippen molar-refractivity contribution >= 4 is 5.69 Å². The zero-order chi connectivity index (χ0) is 14.4. The molecule has 0 unspecified atom stereocenters. The average molecular weight is 272 g/mol. The summed E-state index contributed by atoms with van der Waals surface area (Å²) < 4.78 is 24.1. The number of rotatable bonds is 5. The van der Waals surface area contributed by atoms with E-state index in [0.29, 0.717) is 11.4 Å². The molecule has 0 spiro atoms. The van der Waals surface area contributed by atoms with Gasteiger partial charge in [-0.15, -0.1) is 0 Å². The van der Waals surface area contributed by atoms with Crippen molar-refractivity contribution in [2.24, 2.45) is 0 Å². The van der Waals surface area contributed by atoms with Gasteiger partial charge in [-0.1, -0.05) is 6.07 Å². The SMILES string of the molecule is N#Cc1c(F)cccc1OCCOc1ccc(N)cc1. The van der Waals surface area contributed by atoms with E-state index in [9.17, 15) is 4.39 Å². The number of nitrogens with zero attached hydrogens (tertiary/aromatic N) is 1. The summed E-state index contributed by atoms with van der Waals surface area (Å²) in [7, 11) is 0. The molecule has 0 atom stereocenters. The summed E-state index contributed by atoms with van der Waals surface area (Å²) in [5.74, 6) is 0.292. The van der Waals surface area contributed by atoms with Crippen LogP contribution in [0.5, 0.6) is 11.5 Å². The van der Waals surface area contributed by atoms with Crippen LogP contribution in [0.1, 0.15) is 5.56 Å². The van der Waals surface area contributed by atoms with Crippen molar-refractivity contribution in [3.8, 4) is 17.6 Å². The van der Waals surface area contributed by atoms with Crippen molar-refractivity contribution in [3.63, 3.8) is 0 Å². The first-order valence-electron chi connectivity index (χ1n) is 6.00. The molecule has 0 radical (unpaired) electrons. The van der Waals surface area contributed by atoms with Crippen molar-refractivity contribution in [2.75, 3.05) is 18.9 Å². The van der Waals surface area contributed by atoms with Gasteiger partial charge in [0.15, 0.2) is 0 Å². The number of nitrogen functional groups attached to an aromatic ring is 1. The first-order chi connectivity index (χ1) is 9.70. The van der Waals surface area contributed by atoms with Gasteiger partial charge in [-0.2, -0.15) is 5.26 Å². The summed E-state index contributed by atoms with van der Waals surface area (Å²) in [6.45, 7) is 0.494. The van der Waals surface area contributed by atoms with E-state index in [-0.39, 0.29) is 24.5 Å². The molecule has 0 bridgehead atoms. The molecule has 0 aliphatic heterocycles. The number of hydrogen-bond acceptors (Lipinski definition) is 4. The largest absolute Gasteiger partial charge is 0.490 e. The Morgan fingerprint density at radius 2 is 1.75 bits per heavy atom. The summed E-state index contributed by atoms with van der Waals surface area (Å²) in [6.07, 6.45) is 0. The Kier molecular flexibility index (Phi) is 4.40. The van der Waals surface area contributed by atoms with Crippen LogP contribution in [-0.4, -0.2) is 13.2 Å². The summed E-state index contributed by atoms with van der Waals surface area (Å²) in [6, 6.07) is 13.0. The van der Waals surface area contributed by atoms with Crippen molar-refractivity contribution < 1.29 is 13.9 Å². The lowest BCUT2D eigenvalue weighted by atomic mass is 10.2. The van der Waals surface area contributed by atoms with Crippen LogP contribution >= 0.6 is 0 Å². The number of nitrogens with two attached hydrogens (primary N) is 1. The van der Waals surface area contributed by atoms with Gasteiger partial charge < -0.3 is 15.2 Å². The molecule has 0 fully saturated rings. The van der Waals surface area contributed by atoms with Gasteiger partial charge in [-0.25, -0.2) is 4.39 Å². The van der Waals surface area contributed by atoms with Gasteiger partial charge in [0, 0.05) is 5.69 Å². The molecule has 0 saturated carbocycles. The molecule has 0 heterocycles. The number of anilines is 1. The lowest BCUT2D eigenvalue weighted by Crippen LogP contribution is -2.10. The van der Waals surface area contributed by atoms with Crippen molar-refractivity contribution in [1.82, 2.24) is 0 Å². The summed E-state index contributed by atoms with van der Waals surface area (Å²) in [5.41, 5.74) is 6.12. The predicted octanol–water partition coefficient (Wildman–Crippen LogP) is 2.74. The molecular formula is C15H13FN2O2. The Bertz CT molecular complexity index is 621. The fourth-order valence-electron chi connectivity index (χ4n) is 1.61. The van der Waals surface area contributed by atoms with E-state index in [1.54, 1.807) is 36.4 Å². The minimum atomic E-state index is -0.593. The Morgan fingerprint density at radius 1 is 1.05 bits per heavy atom. The molecule has 2 rings (SSSR count). The monoisotopic (exact) mass is 272 g/mol. The molecule has 0 amide bonds. The van der Waals surface area contributed by atoms with Gasteiger partial charge in [0.25, 0.3) is 0 Å². The molecule has 102 valence electrons. The Hall–Kier alpha value is -2.74. The molecule has 0 aliphatic rings. The van der Waals surface area contributed by atoms with Gasteiger partial charge in [0.05, 0.1) is 0 Å². The van der Waals surface area contributed by atoms with Crippen molar-refractivity contribution in [3.05, 3.63) is 53.8 Å². The second-order valence-electron chi connectivity index (χ2n) is 3.99. The first kappa shape index (κ1) is 13.7. The van der Waals surface area contributed by atoms with Gasteiger partial charge in [-0.3, -0.25) is 0 Å². The quantitative estimate of drug-likeness (QED) is 0.671. The smallest absolute Gasteiger partial charge is 0.144 e. The molecule has 20 heavy (non-hydrogen) atoms. The van der Waals surface area contributed by atoms with Crippen LogP contribution in [0.4, 0.5) is 10.1 Å². The van der Waals surface area contributed by atoms with E-state index >= 15 is 0 Å². The third-order valence-electron chi connectivity index (χ3n) is 2.58. The Labute approximate surface area is 116 Å². The highest BCUT2D eigenvalue weighted by atomic mass is 19.1. The molecule has 2 N–H and O–H groups in total. The highest BCUT2D eigenvalue weighted by molar-refractivity contribution is 5.44.